The number of pyridine rings is 1. The second-order valence-electron chi connectivity index (χ2n) is 3.99. The van der Waals surface area contributed by atoms with Crippen molar-refractivity contribution in [1.29, 1.82) is 0 Å². The van der Waals surface area contributed by atoms with Crippen LogP contribution in [0.5, 0.6) is 11.6 Å². The fourth-order valence-electron chi connectivity index (χ4n) is 1.58. The molecule has 1 heterocycles. The van der Waals surface area contributed by atoms with Crippen molar-refractivity contribution in [3.05, 3.63) is 42.3 Å². The highest BCUT2D eigenvalue weighted by Gasteiger charge is 2.17. The number of nitrogens with zero attached hydrogens (tertiary/aromatic N) is 1. The lowest BCUT2D eigenvalue weighted by atomic mass is 10.3. The predicted octanol–water partition coefficient (Wildman–Crippen LogP) is 2.04. The Morgan fingerprint density at radius 2 is 1.90 bits per heavy atom. The fourth-order valence-corrected chi connectivity index (χ4v) is 2.64. The summed E-state index contributed by atoms with van der Waals surface area (Å²) in [5.41, 5.74) is 0.263. The molecule has 0 fully saturated rings. The Morgan fingerprint density at radius 3 is 2.48 bits per heavy atom. The maximum Gasteiger partial charge on any atom is 0.262 e. The molecule has 2 rings (SSSR count). The molecule has 1 aromatic carbocycles. The van der Waals surface area contributed by atoms with Gasteiger partial charge < -0.3 is 9.47 Å². The Morgan fingerprint density at radius 1 is 1.14 bits per heavy atom. The van der Waals surface area contributed by atoms with Gasteiger partial charge in [-0.15, -0.1) is 0 Å². The Balaban J connectivity index is 2.29. The highest BCUT2D eigenvalue weighted by molar-refractivity contribution is 7.92. The van der Waals surface area contributed by atoms with E-state index in [2.05, 4.69) is 9.71 Å². The molecule has 0 atom stereocenters. The Bertz CT molecular complexity index is 732. The van der Waals surface area contributed by atoms with Crippen LogP contribution in [0.1, 0.15) is 0 Å². The molecule has 0 unspecified atom stereocenters. The minimum atomic E-state index is -3.86. The normalized spacial score (nSPS) is 11.0. The number of methoxy groups -OCH3 is 2. The van der Waals surface area contributed by atoms with Gasteiger partial charge in [-0.25, -0.2) is 17.8 Å². The van der Waals surface area contributed by atoms with E-state index in [0.29, 0.717) is 5.88 Å². The number of nitrogens with one attached hydrogen (secondary N) is 1. The van der Waals surface area contributed by atoms with Gasteiger partial charge in [-0.2, -0.15) is 0 Å². The monoisotopic (exact) mass is 312 g/mol. The zero-order chi connectivity index (χ0) is 15.5. The van der Waals surface area contributed by atoms with Gasteiger partial charge in [0, 0.05) is 12.1 Å². The van der Waals surface area contributed by atoms with Crippen molar-refractivity contribution in [1.82, 2.24) is 4.98 Å². The van der Waals surface area contributed by atoms with Crippen LogP contribution in [0, 0.1) is 5.82 Å². The predicted molar refractivity (Wildman–Crippen MR) is 74.5 cm³/mol. The molecule has 21 heavy (non-hydrogen) atoms. The van der Waals surface area contributed by atoms with Crippen LogP contribution in [0.3, 0.4) is 0 Å². The molecule has 0 spiro atoms. The first kappa shape index (κ1) is 15.0. The zero-order valence-electron chi connectivity index (χ0n) is 11.3. The van der Waals surface area contributed by atoms with Crippen molar-refractivity contribution >= 4 is 15.7 Å². The van der Waals surface area contributed by atoms with Crippen LogP contribution in [0.25, 0.3) is 0 Å². The van der Waals surface area contributed by atoms with Crippen molar-refractivity contribution in [3.8, 4) is 11.6 Å². The van der Waals surface area contributed by atoms with Crippen molar-refractivity contribution in [2.75, 3.05) is 18.9 Å². The van der Waals surface area contributed by atoms with E-state index in [-0.39, 0.29) is 16.3 Å². The van der Waals surface area contributed by atoms with E-state index >= 15 is 0 Å². The molecule has 0 amide bonds. The second-order valence-corrected chi connectivity index (χ2v) is 5.67. The number of rotatable bonds is 5. The van der Waals surface area contributed by atoms with E-state index < -0.39 is 15.8 Å². The summed E-state index contributed by atoms with van der Waals surface area (Å²) in [6, 6.07) is 6.30. The van der Waals surface area contributed by atoms with Gasteiger partial charge in [0.05, 0.1) is 31.0 Å². The number of anilines is 1. The molecule has 1 N–H and O–H groups in total. The minimum Gasteiger partial charge on any atom is -0.494 e. The largest absolute Gasteiger partial charge is 0.494 e. The van der Waals surface area contributed by atoms with E-state index in [1.54, 1.807) is 0 Å². The second kappa shape index (κ2) is 5.96. The van der Waals surface area contributed by atoms with Gasteiger partial charge in [-0.3, -0.25) is 4.72 Å². The molecule has 8 heteroatoms. The molecular formula is C13H13FN2O4S. The molecule has 112 valence electrons. The number of hydrogen-bond donors (Lipinski definition) is 1. The van der Waals surface area contributed by atoms with Gasteiger partial charge in [-0.1, -0.05) is 0 Å². The van der Waals surface area contributed by atoms with Gasteiger partial charge in [0.1, 0.15) is 0 Å². The van der Waals surface area contributed by atoms with Crippen molar-refractivity contribution in [3.63, 3.8) is 0 Å². The van der Waals surface area contributed by atoms with Crippen LogP contribution in [0.4, 0.5) is 10.1 Å². The van der Waals surface area contributed by atoms with Crippen molar-refractivity contribution in [2.24, 2.45) is 0 Å². The van der Waals surface area contributed by atoms with Crippen LogP contribution < -0.4 is 14.2 Å². The number of aromatic nitrogens is 1. The third-order valence-electron chi connectivity index (χ3n) is 2.63. The molecule has 0 aliphatic rings. The molecule has 0 aliphatic heterocycles. The number of benzene rings is 1. The van der Waals surface area contributed by atoms with Crippen LogP contribution >= 0.6 is 0 Å². The van der Waals surface area contributed by atoms with Crippen LogP contribution in [-0.2, 0) is 10.0 Å². The zero-order valence-corrected chi connectivity index (χ0v) is 12.1. The fraction of sp³-hybridized carbons (Fsp3) is 0.154. The first-order valence-electron chi connectivity index (χ1n) is 5.82. The Labute approximate surface area is 121 Å². The summed E-state index contributed by atoms with van der Waals surface area (Å²) in [5, 5.41) is 0. The van der Waals surface area contributed by atoms with Gasteiger partial charge in [-0.05, 0) is 18.2 Å². The third-order valence-corrected chi connectivity index (χ3v) is 4.01. The number of ether oxygens (including phenoxy) is 2. The summed E-state index contributed by atoms with van der Waals surface area (Å²) < 4.78 is 49.7. The van der Waals surface area contributed by atoms with Gasteiger partial charge in [0.15, 0.2) is 11.6 Å². The molecule has 0 saturated carbocycles. The first-order valence-corrected chi connectivity index (χ1v) is 7.31. The molecular weight excluding hydrogens is 299 g/mol. The minimum absolute atomic E-state index is 0.114. The van der Waals surface area contributed by atoms with Crippen LogP contribution in [0.15, 0.2) is 41.4 Å². The molecule has 6 nitrogen and oxygen atoms in total. The van der Waals surface area contributed by atoms with E-state index in [1.165, 1.54) is 32.5 Å². The van der Waals surface area contributed by atoms with E-state index in [1.807, 2.05) is 0 Å². The lowest BCUT2D eigenvalue weighted by Crippen LogP contribution is -2.13. The Kier molecular flexibility index (Phi) is 4.27. The smallest absolute Gasteiger partial charge is 0.262 e. The highest BCUT2D eigenvalue weighted by Crippen LogP contribution is 2.23. The highest BCUT2D eigenvalue weighted by atomic mass is 32.2. The molecule has 1 aromatic heterocycles. The third kappa shape index (κ3) is 3.40. The molecule has 0 radical (unpaired) electrons. The lowest BCUT2D eigenvalue weighted by Gasteiger charge is -2.09. The van der Waals surface area contributed by atoms with E-state index in [4.69, 9.17) is 9.47 Å². The quantitative estimate of drug-likeness (QED) is 0.914. The summed E-state index contributed by atoms with van der Waals surface area (Å²) in [4.78, 5) is 3.77. The van der Waals surface area contributed by atoms with Crippen LogP contribution in [-0.4, -0.2) is 27.6 Å². The van der Waals surface area contributed by atoms with Gasteiger partial charge in [0.2, 0.25) is 5.88 Å². The Hall–Kier alpha value is -2.35. The average Bonchev–Trinajstić information content (AvgIpc) is 2.48. The molecule has 0 aliphatic carbocycles. The molecule has 0 bridgehead atoms. The maximum absolute atomic E-state index is 13.3. The number of halogens is 1. The first-order chi connectivity index (χ1) is 9.96. The number of hydrogen-bond acceptors (Lipinski definition) is 5. The summed E-state index contributed by atoms with van der Waals surface area (Å²) >= 11 is 0. The summed E-state index contributed by atoms with van der Waals surface area (Å²) in [7, 11) is -1.14. The summed E-state index contributed by atoms with van der Waals surface area (Å²) in [6.45, 7) is 0. The van der Waals surface area contributed by atoms with Crippen molar-refractivity contribution in [2.45, 2.75) is 4.90 Å². The van der Waals surface area contributed by atoms with E-state index in [0.717, 1.165) is 18.2 Å². The molecule has 2 aromatic rings. The summed E-state index contributed by atoms with van der Waals surface area (Å²) in [6.07, 6.45) is 1.32. The summed E-state index contributed by atoms with van der Waals surface area (Å²) in [5.74, 6) is -0.422. The van der Waals surface area contributed by atoms with Crippen LogP contribution in [0.2, 0.25) is 0 Å². The van der Waals surface area contributed by atoms with Crippen molar-refractivity contribution < 1.29 is 22.3 Å². The standard InChI is InChI=1S/C13H13FN2O4S/c1-19-12-7-10(4-5-11(12)14)21(17,18)16-9-3-6-13(20-2)15-8-9/h3-8,16H,1-2H3. The van der Waals surface area contributed by atoms with Gasteiger partial charge in [0.25, 0.3) is 10.0 Å². The lowest BCUT2D eigenvalue weighted by molar-refractivity contribution is 0.385. The molecule has 0 saturated heterocycles. The number of sulfonamides is 1. The van der Waals surface area contributed by atoms with E-state index in [9.17, 15) is 12.8 Å². The maximum atomic E-state index is 13.3. The SMILES string of the molecule is COc1ccc(NS(=O)(=O)c2ccc(F)c(OC)c2)cn1. The van der Waals surface area contributed by atoms with Gasteiger partial charge >= 0.3 is 0 Å². The average molecular weight is 312 g/mol. The topological polar surface area (TPSA) is 77.5 Å².